The fourth-order valence-corrected chi connectivity index (χ4v) is 3.36. The second kappa shape index (κ2) is 4.76. The molecule has 0 aromatic heterocycles. The number of hydrogen-bond donors (Lipinski definition) is 1. The molecule has 0 spiro atoms. The summed E-state index contributed by atoms with van der Waals surface area (Å²) >= 11 is 5.43. The van der Waals surface area contributed by atoms with E-state index in [-0.39, 0.29) is 0 Å². The summed E-state index contributed by atoms with van der Waals surface area (Å²) < 4.78 is 1.15. The predicted octanol–water partition coefficient (Wildman–Crippen LogP) is 2.71. The molecule has 0 saturated carbocycles. The van der Waals surface area contributed by atoms with Crippen molar-refractivity contribution in [2.24, 2.45) is 5.73 Å². The lowest BCUT2D eigenvalue weighted by molar-refractivity contribution is 0.651. The maximum Gasteiger partial charge on any atom is 0.0508 e. The molecule has 1 aliphatic heterocycles. The van der Waals surface area contributed by atoms with Gasteiger partial charge in [0.15, 0.2) is 0 Å². The Bertz CT molecular complexity index is 356. The molecule has 2 rings (SSSR count). The largest absolute Gasteiger partial charge is 0.366 e. The van der Waals surface area contributed by atoms with Crippen LogP contribution in [0, 0.1) is 0 Å². The molecule has 2 N–H and O–H groups in total. The van der Waals surface area contributed by atoms with Gasteiger partial charge in [0.2, 0.25) is 0 Å². The van der Waals surface area contributed by atoms with Crippen LogP contribution in [0.15, 0.2) is 27.6 Å². The number of nitrogens with zero attached hydrogens (tertiary/aromatic N) is 1. The monoisotopic (exact) mass is 286 g/mol. The average Bonchev–Trinajstić information content (AvgIpc) is 2.26. The first kappa shape index (κ1) is 11.3. The molecule has 1 atom stereocenters. The number of anilines is 1. The second-order valence-electron chi connectivity index (χ2n) is 3.74. The molecule has 1 aromatic rings. The molecule has 0 fully saturated rings. The first-order valence-electron chi connectivity index (χ1n) is 5.11. The summed E-state index contributed by atoms with van der Waals surface area (Å²) in [5.41, 5.74) is 7.06. The van der Waals surface area contributed by atoms with E-state index in [4.69, 9.17) is 5.73 Å². The molecule has 0 saturated heterocycles. The zero-order valence-corrected chi connectivity index (χ0v) is 11.1. The van der Waals surface area contributed by atoms with Crippen LogP contribution in [0.2, 0.25) is 0 Å². The molecule has 4 heteroatoms. The van der Waals surface area contributed by atoms with Crippen LogP contribution < -0.4 is 10.6 Å². The summed E-state index contributed by atoms with van der Waals surface area (Å²) in [4.78, 5) is 3.76. The lowest BCUT2D eigenvalue weighted by atomic mass is 10.2. The molecule has 0 aliphatic carbocycles. The zero-order chi connectivity index (χ0) is 10.8. The van der Waals surface area contributed by atoms with Crippen LogP contribution >= 0.6 is 27.7 Å². The van der Waals surface area contributed by atoms with Crippen LogP contribution in [-0.4, -0.2) is 24.9 Å². The molecule has 1 heterocycles. The number of halogens is 1. The van der Waals surface area contributed by atoms with E-state index in [0.29, 0.717) is 12.6 Å². The van der Waals surface area contributed by atoms with E-state index >= 15 is 0 Å². The SMILES string of the molecule is CC(CN)N1CCSc2cc(Br)ccc21. The van der Waals surface area contributed by atoms with Crippen LogP contribution in [0.25, 0.3) is 0 Å². The summed E-state index contributed by atoms with van der Waals surface area (Å²) in [6.07, 6.45) is 0. The Balaban J connectivity index is 2.34. The minimum atomic E-state index is 0.422. The summed E-state index contributed by atoms with van der Waals surface area (Å²) in [7, 11) is 0. The fourth-order valence-electron chi connectivity index (χ4n) is 1.80. The molecule has 82 valence electrons. The van der Waals surface area contributed by atoms with Crippen LogP contribution in [0.5, 0.6) is 0 Å². The first-order chi connectivity index (χ1) is 7.22. The highest BCUT2D eigenvalue weighted by atomic mass is 79.9. The molecule has 1 aliphatic rings. The van der Waals surface area contributed by atoms with E-state index in [9.17, 15) is 0 Å². The molecule has 0 radical (unpaired) electrons. The third-order valence-corrected chi connectivity index (χ3v) is 4.21. The number of hydrogen-bond acceptors (Lipinski definition) is 3. The average molecular weight is 287 g/mol. The summed E-state index contributed by atoms with van der Waals surface area (Å²) in [5.74, 6) is 1.15. The van der Waals surface area contributed by atoms with Crippen LogP contribution in [-0.2, 0) is 0 Å². The molecular weight excluding hydrogens is 272 g/mol. The van der Waals surface area contributed by atoms with Gasteiger partial charge in [-0.1, -0.05) is 15.9 Å². The molecule has 0 amide bonds. The van der Waals surface area contributed by atoms with E-state index in [0.717, 1.165) is 16.8 Å². The fraction of sp³-hybridized carbons (Fsp3) is 0.455. The number of rotatable bonds is 2. The van der Waals surface area contributed by atoms with Crippen molar-refractivity contribution in [2.75, 3.05) is 23.7 Å². The Morgan fingerprint density at radius 3 is 3.13 bits per heavy atom. The van der Waals surface area contributed by atoms with Crippen molar-refractivity contribution in [2.45, 2.75) is 17.9 Å². The molecule has 2 nitrogen and oxygen atoms in total. The Morgan fingerprint density at radius 1 is 1.60 bits per heavy atom. The Kier molecular flexibility index (Phi) is 3.59. The van der Waals surface area contributed by atoms with Gasteiger partial charge in [0.05, 0.1) is 5.69 Å². The van der Waals surface area contributed by atoms with Crippen molar-refractivity contribution >= 4 is 33.4 Å². The van der Waals surface area contributed by atoms with E-state index in [1.807, 2.05) is 11.8 Å². The quantitative estimate of drug-likeness (QED) is 0.907. The van der Waals surface area contributed by atoms with E-state index in [1.165, 1.54) is 10.6 Å². The smallest absolute Gasteiger partial charge is 0.0508 e. The third-order valence-electron chi connectivity index (χ3n) is 2.69. The third kappa shape index (κ3) is 2.32. The maximum atomic E-state index is 5.73. The summed E-state index contributed by atoms with van der Waals surface area (Å²) in [6.45, 7) is 3.99. The second-order valence-corrected chi connectivity index (χ2v) is 5.79. The maximum absolute atomic E-state index is 5.73. The highest BCUT2D eigenvalue weighted by molar-refractivity contribution is 9.10. The van der Waals surface area contributed by atoms with Gasteiger partial charge < -0.3 is 10.6 Å². The van der Waals surface area contributed by atoms with Gasteiger partial charge in [0.1, 0.15) is 0 Å². The highest BCUT2D eigenvalue weighted by Crippen LogP contribution is 2.37. The Morgan fingerprint density at radius 2 is 2.40 bits per heavy atom. The van der Waals surface area contributed by atoms with Gasteiger partial charge in [-0.3, -0.25) is 0 Å². The van der Waals surface area contributed by atoms with E-state index in [2.05, 4.69) is 46.0 Å². The van der Waals surface area contributed by atoms with Crippen molar-refractivity contribution in [3.63, 3.8) is 0 Å². The lowest BCUT2D eigenvalue weighted by Gasteiger charge is -2.35. The normalized spacial score (nSPS) is 17.4. The number of fused-ring (bicyclic) bond motifs is 1. The standard InChI is InChI=1S/C11H15BrN2S/c1-8(7-13)14-4-5-15-11-6-9(12)2-3-10(11)14/h2-3,6,8H,4-5,7,13H2,1H3. The van der Waals surface area contributed by atoms with Crippen molar-refractivity contribution < 1.29 is 0 Å². The van der Waals surface area contributed by atoms with E-state index in [1.54, 1.807) is 0 Å². The number of nitrogens with two attached hydrogens (primary N) is 1. The minimum Gasteiger partial charge on any atom is -0.366 e. The van der Waals surface area contributed by atoms with Crippen molar-refractivity contribution in [1.29, 1.82) is 0 Å². The van der Waals surface area contributed by atoms with Gasteiger partial charge >= 0.3 is 0 Å². The van der Waals surface area contributed by atoms with Crippen molar-refractivity contribution in [1.82, 2.24) is 0 Å². The Labute approximate surface area is 103 Å². The topological polar surface area (TPSA) is 29.3 Å². The molecule has 1 aromatic carbocycles. The highest BCUT2D eigenvalue weighted by Gasteiger charge is 2.20. The van der Waals surface area contributed by atoms with Gasteiger partial charge in [-0.25, -0.2) is 0 Å². The van der Waals surface area contributed by atoms with Gasteiger partial charge in [0.25, 0.3) is 0 Å². The van der Waals surface area contributed by atoms with Gasteiger partial charge in [-0.2, -0.15) is 0 Å². The number of benzene rings is 1. The molecule has 15 heavy (non-hydrogen) atoms. The first-order valence-corrected chi connectivity index (χ1v) is 6.89. The zero-order valence-electron chi connectivity index (χ0n) is 8.74. The summed E-state index contributed by atoms with van der Waals surface area (Å²) in [6, 6.07) is 6.89. The molecule has 1 unspecified atom stereocenters. The molecular formula is C11H15BrN2S. The van der Waals surface area contributed by atoms with Crippen LogP contribution in [0.3, 0.4) is 0 Å². The van der Waals surface area contributed by atoms with Crippen LogP contribution in [0.1, 0.15) is 6.92 Å². The van der Waals surface area contributed by atoms with Gasteiger partial charge in [-0.15, -0.1) is 11.8 Å². The van der Waals surface area contributed by atoms with Gasteiger partial charge in [0, 0.05) is 34.3 Å². The predicted molar refractivity (Wildman–Crippen MR) is 70.7 cm³/mol. The Hall–Kier alpha value is -0.190. The minimum absolute atomic E-state index is 0.422. The lowest BCUT2D eigenvalue weighted by Crippen LogP contribution is -2.41. The van der Waals surface area contributed by atoms with Crippen molar-refractivity contribution in [3.8, 4) is 0 Å². The molecule has 0 bridgehead atoms. The van der Waals surface area contributed by atoms with Crippen LogP contribution in [0.4, 0.5) is 5.69 Å². The van der Waals surface area contributed by atoms with E-state index < -0.39 is 0 Å². The summed E-state index contributed by atoms with van der Waals surface area (Å²) in [5, 5.41) is 0. The van der Waals surface area contributed by atoms with Crippen molar-refractivity contribution in [3.05, 3.63) is 22.7 Å². The van der Waals surface area contributed by atoms with Gasteiger partial charge in [-0.05, 0) is 25.1 Å². The number of thioether (sulfide) groups is 1.